The summed E-state index contributed by atoms with van der Waals surface area (Å²) >= 11 is 0. The molecule has 0 aliphatic carbocycles. The first-order chi connectivity index (χ1) is 9.98. The van der Waals surface area contributed by atoms with Gasteiger partial charge in [-0.05, 0) is 37.1 Å². The molecule has 110 valence electrons. The molecule has 0 N–H and O–H groups in total. The number of hydrogen-bond donors (Lipinski definition) is 0. The van der Waals surface area contributed by atoms with E-state index in [1.165, 1.54) is 4.31 Å². The summed E-state index contributed by atoms with van der Waals surface area (Å²) < 4.78 is 27.2. The van der Waals surface area contributed by atoms with E-state index in [4.69, 9.17) is 0 Å². The van der Waals surface area contributed by atoms with Gasteiger partial charge in [0.2, 0.25) is 0 Å². The highest BCUT2D eigenvalue weighted by Gasteiger charge is 2.25. The van der Waals surface area contributed by atoms with Crippen LogP contribution in [0, 0.1) is 13.8 Å². The molecular weight excluding hydrogens is 282 g/mol. The first-order valence-electron chi connectivity index (χ1n) is 6.73. The molecule has 3 nitrogen and oxygen atoms in total. The molecule has 21 heavy (non-hydrogen) atoms. The predicted molar refractivity (Wildman–Crippen MR) is 87.1 cm³/mol. The molecule has 0 amide bonds. The number of anilines is 1. The van der Waals surface area contributed by atoms with Crippen molar-refractivity contribution in [1.29, 1.82) is 0 Å². The maximum absolute atomic E-state index is 12.9. The molecule has 0 aliphatic rings. The molecule has 0 saturated heterocycles. The Morgan fingerprint density at radius 3 is 2.10 bits per heavy atom. The normalized spacial score (nSPS) is 11.1. The fourth-order valence-electron chi connectivity index (χ4n) is 2.35. The van der Waals surface area contributed by atoms with Crippen LogP contribution in [0.3, 0.4) is 0 Å². The lowest BCUT2D eigenvalue weighted by molar-refractivity contribution is 0.592. The summed E-state index contributed by atoms with van der Waals surface area (Å²) in [5.74, 6) is 0. The molecule has 0 bridgehead atoms. The number of benzene rings is 2. The Bertz CT molecular complexity index is 716. The van der Waals surface area contributed by atoms with E-state index in [1.54, 1.807) is 36.4 Å². The number of sulfonamides is 1. The highest BCUT2D eigenvalue weighted by molar-refractivity contribution is 7.92. The number of para-hydroxylation sites is 1. The smallest absolute Gasteiger partial charge is 0.262 e. The molecule has 4 heteroatoms. The minimum Gasteiger partial charge on any atom is -0.262 e. The average molecular weight is 301 g/mol. The zero-order valence-electron chi connectivity index (χ0n) is 12.3. The van der Waals surface area contributed by atoms with Crippen molar-refractivity contribution < 1.29 is 8.42 Å². The second-order valence-electron chi connectivity index (χ2n) is 4.88. The van der Waals surface area contributed by atoms with Gasteiger partial charge in [0, 0.05) is 0 Å². The van der Waals surface area contributed by atoms with Gasteiger partial charge in [0.25, 0.3) is 10.0 Å². The fraction of sp³-hybridized carbons (Fsp3) is 0.176. The van der Waals surface area contributed by atoms with Crippen LogP contribution in [-0.4, -0.2) is 15.0 Å². The van der Waals surface area contributed by atoms with E-state index in [0.717, 1.165) is 16.8 Å². The van der Waals surface area contributed by atoms with Crippen LogP contribution >= 0.6 is 0 Å². The Morgan fingerprint density at radius 1 is 1.00 bits per heavy atom. The zero-order valence-corrected chi connectivity index (χ0v) is 13.1. The highest BCUT2D eigenvalue weighted by atomic mass is 32.2. The van der Waals surface area contributed by atoms with Gasteiger partial charge in [-0.25, -0.2) is 8.42 Å². The van der Waals surface area contributed by atoms with Gasteiger partial charge in [-0.15, -0.1) is 6.58 Å². The largest absolute Gasteiger partial charge is 0.264 e. The van der Waals surface area contributed by atoms with Crippen molar-refractivity contribution in [3.05, 3.63) is 72.3 Å². The first kappa shape index (κ1) is 15.3. The molecule has 0 aromatic heterocycles. The molecule has 0 spiro atoms. The summed E-state index contributed by atoms with van der Waals surface area (Å²) in [6.45, 7) is 7.76. The Hall–Kier alpha value is -2.07. The topological polar surface area (TPSA) is 37.4 Å². The van der Waals surface area contributed by atoms with Crippen molar-refractivity contribution in [2.45, 2.75) is 18.7 Å². The van der Waals surface area contributed by atoms with E-state index in [-0.39, 0.29) is 11.4 Å². The van der Waals surface area contributed by atoms with Crippen LogP contribution in [0.5, 0.6) is 0 Å². The molecular formula is C17H19NO2S. The van der Waals surface area contributed by atoms with Gasteiger partial charge in [-0.2, -0.15) is 0 Å². The van der Waals surface area contributed by atoms with Gasteiger partial charge >= 0.3 is 0 Å². The van der Waals surface area contributed by atoms with E-state index in [1.807, 2.05) is 32.0 Å². The zero-order chi connectivity index (χ0) is 15.5. The molecule has 0 atom stereocenters. The van der Waals surface area contributed by atoms with Gasteiger partial charge < -0.3 is 0 Å². The van der Waals surface area contributed by atoms with Gasteiger partial charge in [-0.1, -0.05) is 42.5 Å². The second kappa shape index (κ2) is 6.14. The third-order valence-electron chi connectivity index (χ3n) is 3.32. The Labute approximate surface area is 126 Å². The third kappa shape index (κ3) is 3.00. The SMILES string of the molecule is C=CCN(c1c(C)cccc1C)S(=O)(=O)c1ccccc1. The lowest BCUT2D eigenvalue weighted by Crippen LogP contribution is -2.32. The monoisotopic (exact) mass is 301 g/mol. The Kier molecular flexibility index (Phi) is 4.48. The maximum atomic E-state index is 12.9. The van der Waals surface area contributed by atoms with Crippen molar-refractivity contribution in [3.63, 3.8) is 0 Å². The van der Waals surface area contributed by atoms with Crippen molar-refractivity contribution in [3.8, 4) is 0 Å². The lowest BCUT2D eigenvalue weighted by atomic mass is 10.1. The van der Waals surface area contributed by atoms with Crippen LogP contribution in [0.15, 0.2) is 66.1 Å². The van der Waals surface area contributed by atoms with E-state index >= 15 is 0 Å². The van der Waals surface area contributed by atoms with Crippen molar-refractivity contribution >= 4 is 15.7 Å². The lowest BCUT2D eigenvalue weighted by Gasteiger charge is -2.26. The Balaban J connectivity index is 2.62. The molecule has 2 aromatic rings. The number of rotatable bonds is 5. The van der Waals surface area contributed by atoms with Crippen LogP contribution in [0.1, 0.15) is 11.1 Å². The highest BCUT2D eigenvalue weighted by Crippen LogP contribution is 2.29. The summed E-state index contributed by atoms with van der Waals surface area (Å²) in [7, 11) is -3.60. The molecule has 0 aliphatic heterocycles. The summed E-state index contributed by atoms with van der Waals surface area (Å²) in [6, 6.07) is 14.2. The minimum absolute atomic E-state index is 0.239. The third-order valence-corrected chi connectivity index (χ3v) is 5.09. The number of nitrogens with zero attached hydrogens (tertiary/aromatic N) is 1. The van der Waals surface area contributed by atoms with Crippen molar-refractivity contribution in [2.75, 3.05) is 10.8 Å². The van der Waals surface area contributed by atoms with Crippen LogP contribution in [0.25, 0.3) is 0 Å². The Morgan fingerprint density at radius 2 is 1.57 bits per heavy atom. The first-order valence-corrected chi connectivity index (χ1v) is 8.17. The quantitative estimate of drug-likeness (QED) is 0.790. The van der Waals surface area contributed by atoms with Gasteiger partial charge in [0.15, 0.2) is 0 Å². The number of hydrogen-bond acceptors (Lipinski definition) is 2. The van der Waals surface area contributed by atoms with Crippen LogP contribution in [-0.2, 0) is 10.0 Å². The van der Waals surface area contributed by atoms with Crippen molar-refractivity contribution in [2.24, 2.45) is 0 Å². The summed E-state index contributed by atoms with van der Waals surface area (Å²) in [5, 5.41) is 0. The molecule has 2 rings (SSSR count). The maximum Gasteiger partial charge on any atom is 0.264 e. The van der Waals surface area contributed by atoms with Crippen LogP contribution in [0.2, 0.25) is 0 Å². The molecule has 0 saturated carbocycles. The van der Waals surface area contributed by atoms with E-state index in [0.29, 0.717) is 0 Å². The van der Waals surface area contributed by atoms with Gasteiger partial charge in [0.1, 0.15) is 0 Å². The minimum atomic E-state index is -3.60. The predicted octanol–water partition coefficient (Wildman–Crippen LogP) is 3.68. The van der Waals surface area contributed by atoms with Gasteiger partial charge in [-0.3, -0.25) is 4.31 Å². The molecule has 0 radical (unpaired) electrons. The van der Waals surface area contributed by atoms with E-state index < -0.39 is 10.0 Å². The average Bonchev–Trinajstić information content (AvgIpc) is 2.47. The van der Waals surface area contributed by atoms with E-state index in [9.17, 15) is 8.42 Å². The van der Waals surface area contributed by atoms with Crippen molar-refractivity contribution in [1.82, 2.24) is 0 Å². The van der Waals surface area contributed by atoms with E-state index in [2.05, 4.69) is 6.58 Å². The molecule has 2 aromatic carbocycles. The van der Waals surface area contributed by atoms with Crippen LogP contribution < -0.4 is 4.31 Å². The fourth-order valence-corrected chi connectivity index (χ4v) is 3.93. The van der Waals surface area contributed by atoms with Gasteiger partial charge in [0.05, 0.1) is 17.1 Å². The number of aryl methyl sites for hydroxylation is 2. The second-order valence-corrected chi connectivity index (χ2v) is 6.74. The summed E-state index contributed by atoms with van der Waals surface area (Å²) in [4.78, 5) is 0.287. The summed E-state index contributed by atoms with van der Waals surface area (Å²) in [5.41, 5.74) is 2.58. The standard InChI is InChI=1S/C17H19NO2S/c1-4-13-18(17-14(2)9-8-10-15(17)3)21(19,20)16-11-6-5-7-12-16/h4-12H,1,13H2,2-3H3. The molecule has 0 heterocycles. The molecule has 0 unspecified atom stereocenters. The molecule has 0 fully saturated rings. The van der Waals surface area contributed by atoms with Crippen LogP contribution in [0.4, 0.5) is 5.69 Å². The summed E-state index contributed by atoms with van der Waals surface area (Å²) in [6.07, 6.45) is 1.60.